The highest BCUT2D eigenvalue weighted by molar-refractivity contribution is 7.98. The minimum atomic E-state index is -1.01. The van der Waals surface area contributed by atoms with Crippen molar-refractivity contribution in [1.82, 2.24) is 14.9 Å². The number of hydrogen-bond acceptors (Lipinski definition) is 4. The first-order valence-electron chi connectivity index (χ1n) is 5.73. The number of imidazole rings is 1. The van der Waals surface area contributed by atoms with Gasteiger partial charge in [0.05, 0.1) is 6.33 Å². The van der Waals surface area contributed by atoms with E-state index < -0.39 is 12.0 Å². The molecule has 2 N–H and O–H groups in total. The number of carboxylic acid groups (broad SMARTS) is 1. The summed E-state index contributed by atoms with van der Waals surface area (Å²) in [4.78, 5) is 25.2. The summed E-state index contributed by atoms with van der Waals surface area (Å²) in [5.74, 6) is 0.0513. The highest BCUT2D eigenvalue weighted by Gasteiger charge is 2.25. The summed E-state index contributed by atoms with van der Waals surface area (Å²) in [7, 11) is 0. The zero-order chi connectivity index (χ0) is 13.0. The number of aliphatic carboxylic acids is 1. The van der Waals surface area contributed by atoms with E-state index in [1.807, 2.05) is 12.5 Å². The van der Waals surface area contributed by atoms with E-state index in [-0.39, 0.29) is 0 Å². The fourth-order valence-corrected chi connectivity index (χ4v) is 2.70. The van der Waals surface area contributed by atoms with Crippen molar-refractivity contribution in [1.29, 1.82) is 0 Å². The maximum atomic E-state index is 10.8. The van der Waals surface area contributed by atoms with Crippen molar-refractivity contribution in [2.75, 3.05) is 5.75 Å². The third-order valence-corrected chi connectivity index (χ3v) is 3.86. The van der Waals surface area contributed by atoms with Crippen molar-refractivity contribution in [3.63, 3.8) is 0 Å². The van der Waals surface area contributed by atoms with Crippen LogP contribution in [0.25, 0.3) is 0 Å². The van der Waals surface area contributed by atoms with Gasteiger partial charge in [0.15, 0.2) is 0 Å². The van der Waals surface area contributed by atoms with Crippen LogP contribution in [0.15, 0.2) is 12.5 Å². The molecule has 1 aromatic heterocycles. The monoisotopic (exact) mass is 269 g/mol. The van der Waals surface area contributed by atoms with Crippen molar-refractivity contribution in [3.05, 3.63) is 18.2 Å². The molecule has 0 radical (unpaired) electrons. The number of hydrogen-bond donors (Lipinski definition) is 2. The zero-order valence-electron chi connectivity index (χ0n) is 9.78. The number of aromatic nitrogens is 2. The summed E-state index contributed by atoms with van der Waals surface area (Å²) in [5, 5.41) is 11.2. The van der Waals surface area contributed by atoms with Gasteiger partial charge >= 0.3 is 5.97 Å². The van der Waals surface area contributed by atoms with Gasteiger partial charge in [-0.2, -0.15) is 11.8 Å². The summed E-state index contributed by atoms with van der Waals surface area (Å²) in [6.07, 6.45) is 6.45. The number of carboxylic acids is 1. The lowest BCUT2D eigenvalue weighted by Crippen LogP contribution is -2.37. The van der Waals surface area contributed by atoms with Crippen LogP contribution in [0.2, 0.25) is 0 Å². The molecule has 98 valence electrons. The van der Waals surface area contributed by atoms with Gasteiger partial charge in [0.25, 0.3) is 0 Å². The molecule has 0 spiro atoms. The lowest BCUT2D eigenvalue weighted by molar-refractivity contribution is -0.139. The average Bonchev–Trinajstić information content (AvgIpc) is 3.08. The van der Waals surface area contributed by atoms with Crippen LogP contribution in [-0.4, -0.2) is 38.8 Å². The van der Waals surface area contributed by atoms with Crippen LogP contribution in [0.1, 0.15) is 24.6 Å². The Kier molecular flexibility index (Phi) is 4.24. The Morgan fingerprint density at radius 3 is 3.11 bits per heavy atom. The van der Waals surface area contributed by atoms with Crippen molar-refractivity contribution in [2.24, 2.45) is 0 Å². The molecule has 0 aromatic carbocycles. The highest BCUT2D eigenvalue weighted by atomic mass is 32.2. The molecular weight excluding hydrogens is 254 g/mol. The molecule has 18 heavy (non-hydrogen) atoms. The molecule has 0 saturated heterocycles. The normalized spacial score (nSPS) is 16.2. The van der Waals surface area contributed by atoms with Gasteiger partial charge in [0.1, 0.15) is 6.04 Å². The van der Waals surface area contributed by atoms with Gasteiger partial charge in [0, 0.05) is 29.4 Å². The second kappa shape index (κ2) is 5.90. The number of nitrogens with one attached hydrogen (secondary N) is 1. The molecule has 1 aliphatic rings. The van der Waals surface area contributed by atoms with E-state index in [2.05, 4.69) is 14.9 Å². The predicted octanol–water partition coefficient (Wildman–Crippen LogP) is 0.650. The molecule has 1 amide bonds. The van der Waals surface area contributed by atoms with Gasteiger partial charge in [-0.3, -0.25) is 4.79 Å². The maximum Gasteiger partial charge on any atom is 0.327 e. The number of carbonyl (C=O) groups is 2. The molecule has 1 heterocycles. The first-order valence-corrected chi connectivity index (χ1v) is 6.88. The Hall–Kier alpha value is -1.50. The third-order valence-electron chi connectivity index (χ3n) is 2.79. The Labute approximate surface area is 109 Å². The molecule has 1 atom stereocenters. The number of nitrogens with zero attached hydrogens (tertiary/aromatic N) is 2. The second-order valence-electron chi connectivity index (χ2n) is 4.21. The zero-order valence-corrected chi connectivity index (χ0v) is 10.6. The molecule has 0 bridgehead atoms. The van der Waals surface area contributed by atoms with Gasteiger partial charge in [-0.25, -0.2) is 9.78 Å². The van der Waals surface area contributed by atoms with Crippen LogP contribution in [-0.2, 0) is 15.3 Å². The van der Waals surface area contributed by atoms with Crippen molar-refractivity contribution in [2.45, 2.75) is 30.7 Å². The molecular formula is C11H15N3O3S. The van der Waals surface area contributed by atoms with E-state index in [1.165, 1.54) is 24.6 Å². The maximum absolute atomic E-state index is 10.8. The first-order chi connectivity index (χ1) is 8.72. The van der Waals surface area contributed by atoms with Crippen LogP contribution in [0.4, 0.5) is 0 Å². The van der Waals surface area contributed by atoms with E-state index in [1.54, 1.807) is 0 Å². The van der Waals surface area contributed by atoms with Gasteiger partial charge in [0.2, 0.25) is 6.41 Å². The number of carbonyl (C=O) groups excluding carboxylic acids is 1. The predicted molar refractivity (Wildman–Crippen MR) is 67.3 cm³/mol. The fraction of sp³-hybridized carbons (Fsp3) is 0.545. The summed E-state index contributed by atoms with van der Waals surface area (Å²) < 4.78 is 2.15. The summed E-state index contributed by atoms with van der Waals surface area (Å²) in [5.41, 5.74) is 1.11. The molecule has 0 aliphatic heterocycles. The third kappa shape index (κ3) is 3.25. The van der Waals surface area contributed by atoms with Crippen LogP contribution in [0, 0.1) is 0 Å². The van der Waals surface area contributed by atoms with Crippen LogP contribution in [0.3, 0.4) is 0 Å². The SMILES string of the molecule is O=CNC(CSCc1cncn1C1CC1)C(=O)O. The topological polar surface area (TPSA) is 84.2 Å². The molecule has 1 unspecified atom stereocenters. The van der Waals surface area contributed by atoms with E-state index in [0.29, 0.717) is 24.0 Å². The fourth-order valence-electron chi connectivity index (χ4n) is 1.68. The quantitative estimate of drug-likeness (QED) is 0.677. The minimum absolute atomic E-state index is 0.351. The summed E-state index contributed by atoms with van der Waals surface area (Å²) in [6, 6.07) is -0.253. The average molecular weight is 269 g/mol. The van der Waals surface area contributed by atoms with E-state index >= 15 is 0 Å². The van der Waals surface area contributed by atoms with Crippen molar-refractivity contribution >= 4 is 24.1 Å². The van der Waals surface area contributed by atoms with E-state index in [4.69, 9.17) is 5.11 Å². The van der Waals surface area contributed by atoms with Gasteiger partial charge in [-0.05, 0) is 12.8 Å². The highest BCUT2D eigenvalue weighted by Crippen LogP contribution is 2.36. The second-order valence-corrected chi connectivity index (χ2v) is 5.24. The van der Waals surface area contributed by atoms with E-state index in [0.717, 1.165) is 5.69 Å². The molecule has 1 saturated carbocycles. The molecule has 1 fully saturated rings. The first kappa shape index (κ1) is 12.9. The lowest BCUT2D eigenvalue weighted by Gasteiger charge is -2.11. The number of thioether (sulfide) groups is 1. The molecule has 6 nitrogen and oxygen atoms in total. The Balaban J connectivity index is 1.81. The standard InChI is InChI=1S/C11H15N3O3S/c15-7-13-10(11(16)17)5-18-4-9-3-12-6-14(9)8-1-2-8/h3,6-8,10H,1-2,4-5H2,(H,13,15)(H,16,17). The lowest BCUT2D eigenvalue weighted by atomic mass is 10.3. The van der Waals surface area contributed by atoms with Gasteiger partial charge in [-0.15, -0.1) is 0 Å². The molecule has 2 rings (SSSR count). The van der Waals surface area contributed by atoms with Crippen LogP contribution in [0.5, 0.6) is 0 Å². The molecule has 7 heteroatoms. The molecule has 1 aromatic rings. The van der Waals surface area contributed by atoms with Gasteiger partial charge in [-0.1, -0.05) is 0 Å². The minimum Gasteiger partial charge on any atom is -0.480 e. The van der Waals surface area contributed by atoms with Crippen molar-refractivity contribution < 1.29 is 14.7 Å². The van der Waals surface area contributed by atoms with Gasteiger partial charge < -0.3 is 15.0 Å². The molecule has 1 aliphatic carbocycles. The Morgan fingerprint density at radius 2 is 2.50 bits per heavy atom. The number of rotatable bonds is 8. The number of amides is 1. The largest absolute Gasteiger partial charge is 0.480 e. The van der Waals surface area contributed by atoms with Crippen LogP contribution >= 0.6 is 11.8 Å². The summed E-state index contributed by atoms with van der Waals surface area (Å²) in [6.45, 7) is 0. The van der Waals surface area contributed by atoms with E-state index in [9.17, 15) is 9.59 Å². The van der Waals surface area contributed by atoms with Crippen LogP contribution < -0.4 is 5.32 Å². The smallest absolute Gasteiger partial charge is 0.327 e. The van der Waals surface area contributed by atoms with Crippen molar-refractivity contribution in [3.8, 4) is 0 Å². The Morgan fingerprint density at radius 1 is 1.72 bits per heavy atom. The summed E-state index contributed by atoms with van der Waals surface area (Å²) >= 11 is 1.48. The Bertz CT molecular complexity index is 431.